The highest BCUT2D eigenvalue weighted by Gasteiger charge is 2.41. The van der Waals surface area contributed by atoms with Crippen molar-refractivity contribution in [2.24, 2.45) is 17.8 Å². The molecule has 2 bridgehead atoms. The Morgan fingerprint density at radius 3 is 2.38 bits per heavy atom. The number of rotatable bonds is 6. The third kappa shape index (κ3) is 4.42. The van der Waals surface area contributed by atoms with Crippen LogP contribution < -0.4 is 10.1 Å². The third-order valence-corrected chi connectivity index (χ3v) is 5.38. The second-order valence-electron chi connectivity index (χ2n) is 7.13. The minimum atomic E-state index is -0.353. The van der Waals surface area contributed by atoms with E-state index in [1.54, 1.807) is 7.11 Å². The molecular formula is C20H25NO5. The molecule has 3 rings (SSSR count). The number of fused-ring (bicyclic) bond motifs is 2. The maximum atomic E-state index is 12.3. The van der Waals surface area contributed by atoms with Crippen LogP contribution in [0.4, 0.5) is 0 Å². The van der Waals surface area contributed by atoms with E-state index in [-0.39, 0.29) is 36.2 Å². The Bertz CT molecular complexity index is 653. The predicted octanol–water partition coefficient (Wildman–Crippen LogP) is 2.25. The summed E-state index contributed by atoms with van der Waals surface area (Å²) < 4.78 is 10.3. The molecule has 1 N–H and O–H groups in total. The molecule has 0 radical (unpaired) electrons. The smallest absolute Gasteiger partial charge is 0.309 e. The van der Waals surface area contributed by atoms with Crippen LogP contribution in [0.5, 0.6) is 5.75 Å². The Labute approximate surface area is 153 Å². The second-order valence-corrected chi connectivity index (χ2v) is 7.13. The lowest BCUT2D eigenvalue weighted by molar-refractivity contribution is -0.156. The minimum Gasteiger partial charge on any atom is -0.497 e. The van der Waals surface area contributed by atoms with Gasteiger partial charge in [-0.1, -0.05) is 18.6 Å². The van der Waals surface area contributed by atoms with E-state index in [4.69, 9.17) is 9.47 Å². The van der Waals surface area contributed by atoms with Crippen molar-refractivity contribution >= 4 is 17.7 Å². The van der Waals surface area contributed by atoms with Crippen molar-refractivity contribution in [1.82, 2.24) is 5.32 Å². The molecule has 2 fully saturated rings. The quantitative estimate of drug-likeness (QED) is 0.788. The summed E-state index contributed by atoms with van der Waals surface area (Å²) in [5.41, 5.74) is 0.934. The van der Waals surface area contributed by atoms with Crippen LogP contribution in [0, 0.1) is 17.8 Å². The molecule has 140 valence electrons. The van der Waals surface area contributed by atoms with E-state index in [1.807, 2.05) is 24.3 Å². The predicted molar refractivity (Wildman–Crippen MR) is 94.4 cm³/mol. The Balaban J connectivity index is 1.41. The molecule has 0 aromatic heterocycles. The van der Waals surface area contributed by atoms with E-state index in [1.165, 1.54) is 0 Å². The van der Waals surface area contributed by atoms with Crippen molar-refractivity contribution in [3.05, 3.63) is 29.8 Å². The van der Waals surface area contributed by atoms with Crippen LogP contribution in [0.15, 0.2) is 24.3 Å². The van der Waals surface area contributed by atoms with Gasteiger partial charge in [0.2, 0.25) is 0 Å². The second kappa shape index (κ2) is 8.34. The number of benzene rings is 1. The lowest BCUT2D eigenvalue weighted by Gasteiger charge is -2.36. The zero-order valence-electron chi connectivity index (χ0n) is 15.0. The lowest BCUT2D eigenvalue weighted by atomic mass is 9.67. The van der Waals surface area contributed by atoms with Gasteiger partial charge in [-0.3, -0.25) is 14.4 Å². The van der Waals surface area contributed by atoms with Crippen molar-refractivity contribution in [3.63, 3.8) is 0 Å². The Morgan fingerprint density at radius 1 is 1.12 bits per heavy atom. The van der Waals surface area contributed by atoms with Crippen LogP contribution in [-0.4, -0.2) is 31.4 Å². The first kappa shape index (κ1) is 18.4. The van der Waals surface area contributed by atoms with Crippen LogP contribution in [0.2, 0.25) is 0 Å². The highest BCUT2D eigenvalue weighted by molar-refractivity contribution is 5.87. The van der Waals surface area contributed by atoms with E-state index in [9.17, 15) is 14.4 Å². The Kier molecular flexibility index (Phi) is 5.91. The molecule has 0 aliphatic heterocycles. The Morgan fingerprint density at radius 2 is 1.77 bits per heavy atom. The fourth-order valence-electron chi connectivity index (χ4n) is 3.92. The first-order chi connectivity index (χ1) is 12.6. The molecule has 0 heterocycles. The van der Waals surface area contributed by atoms with E-state index in [2.05, 4.69) is 5.32 Å². The average Bonchev–Trinajstić information content (AvgIpc) is 2.64. The number of hydrogen-bond acceptors (Lipinski definition) is 5. The first-order valence-corrected chi connectivity index (χ1v) is 9.17. The van der Waals surface area contributed by atoms with Crippen molar-refractivity contribution in [3.8, 4) is 5.75 Å². The fraction of sp³-hybridized carbons (Fsp3) is 0.550. The number of amides is 1. The van der Waals surface area contributed by atoms with Crippen LogP contribution in [0.3, 0.4) is 0 Å². The molecule has 2 aliphatic rings. The zero-order valence-corrected chi connectivity index (χ0v) is 15.0. The number of hydrogen-bond donors (Lipinski definition) is 1. The highest BCUT2D eigenvalue weighted by Crippen LogP contribution is 2.40. The summed E-state index contributed by atoms with van der Waals surface area (Å²) in [6.45, 7) is 0.0806. The van der Waals surface area contributed by atoms with Gasteiger partial charge in [0.15, 0.2) is 6.61 Å². The number of ether oxygens (including phenoxy) is 2. The number of Topliss-reactive ketones (excluding diaryl/α,β-unsaturated/α-hetero) is 1. The molecule has 2 saturated carbocycles. The first-order valence-electron chi connectivity index (χ1n) is 9.17. The molecule has 6 heteroatoms. The van der Waals surface area contributed by atoms with Crippen LogP contribution in [0.25, 0.3) is 0 Å². The normalized spacial score (nSPS) is 24.7. The number of nitrogens with one attached hydrogen (secondary N) is 1. The van der Waals surface area contributed by atoms with Gasteiger partial charge >= 0.3 is 5.97 Å². The molecule has 26 heavy (non-hydrogen) atoms. The van der Waals surface area contributed by atoms with Gasteiger partial charge in [-0.25, -0.2) is 0 Å². The number of ketones is 1. The Hall–Kier alpha value is -2.37. The molecule has 0 spiro atoms. The molecule has 3 atom stereocenters. The lowest BCUT2D eigenvalue weighted by Crippen LogP contribution is -2.40. The van der Waals surface area contributed by atoms with Gasteiger partial charge in [0.25, 0.3) is 5.91 Å². The van der Waals surface area contributed by atoms with Crippen LogP contribution >= 0.6 is 0 Å². The highest BCUT2D eigenvalue weighted by atomic mass is 16.5. The van der Waals surface area contributed by atoms with Gasteiger partial charge < -0.3 is 14.8 Å². The molecule has 0 saturated heterocycles. The van der Waals surface area contributed by atoms with E-state index in [0.717, 1.165) is 30.6 Å². The van der Waals surface area contributed by atoms with E-state index in [0.29, 0.717) is 25.2 Å². The van der Waals surface area contributed by atoms with Crippen molar-refractivity contribution in [1.29, 1.82) is 0 Å². The summed E-state index contributed by atoms with van der Waals surface area (Å²) in [6, 6.07) is 7.37. The fourth-order valence-corrected chi connectivity index (χ4v) is 3.92. The van der Waals surface area contributed by atoms with Gasteiger partial charge in [-0.15, -0.1) is 0 Å². The average molecular weight is 359 g/mol. The summed E-state index contributed by atoms with van der Waals surface area (Å²) >= 11 is 0. The van der Waals surface area contributed by atoms with Gasteiger partial charge in [-0.2, -0.15) is 0 Å². The number of carbonyl (C=O) groups is 3. The molecular weight excluding hydrogens is 334 g/mol. The van der Waals surface area contributed by atoms with Gasteiger partial charge in [0.1, 0.15) is 11.5 Å². The monoisotopic (exact) mass is 359 g/mol. The van der Waals surface area contributed by atoms with Crippen molar-refractivity contribution in [2.75, 3.05) is 13.7 Å². The summed E-state index contributed by atoms with van der Waals surface area (Å²) in [4.78, 5) is 36.2. The summed E-state index contributed by atoms with van der Waals surface area (Å²) in [7, 11) is 1.60. The van der Waals surface area contributed by atoms with Gasteiger partial charge in [0.05, 0.1) is 13.0 Å². The van der Waals surface area contributed by atoms with Crippen LogP contribution in [0.1, 0.15) is 37.7 Å². The third-order valence-electron chi connectivity index (χ3n) is 5.38. The number of methoxy groups -OCH3 is 1. The standard InChI is InChI=1S/C20H25NO5/c1-25-17-7-5-13(6-8-17)11-21-18(22)12-26-20(24)16-9-14-3-2-4-15(10-16)19(14)23/h5-8,14-16H,2-4,9-12H2,1H3,(H,21,22)/t14-,15+,16?. The molecule has 6 nitrogen and oxygen atoms in total. The SMILES string of the molecule is COc1ccc(CNC(=O)COC(=O)C2C[C@H]3CCC[C@@H](C2)C3=O)cc1. The van der Waals surface area contributed by atoms with Gasteiger partial charge in [0, 0.05) is 18.4 Å². The summed E-state index contributed by atoms with van der Waals surface area (Å²) in [5, 5.41) is 2.73. The van der Waals surface area contributed by atoms with E-state index < -0.39 is 0 Å². The van der Waals surface area contributed by atoms with Gasteiger partial charge in [-0.05, 0) is 43.4 Å². The summed E-state index contributed by atoms with van der Waals surface area (Å²) in [5.74, 6) is 0.141. The topological polar surface area (TPSA) is 81.7 Å². The zero-order chi connectivity index (χ0) is 18.5. The molecule has 1 unspecified atom stereocenters. The number of esters is 1. The molecule has 2 aliphatic carbocycles. The largest absolute Gasteiger partial charge is 0.497 e. The summed E-state index contributed by atoms with van der Waals surface area (Å²) in [6.07, 6.45) is 3.96. The maximum Gasteiger partial charge on any atom is 0.309 e. The van der Waals surface area contributed by atoms with Crippen molar-refractivity contribution < 1.29 is 23.9 Å². The van der Waals surface area contributed by atoms with Crippen LogP contribution in [-0.2, 0) is 25.7 Å². The molecule has 1 aromatic carbocycles. The maximum absolute atomic E-state index is 12.3. The molecule has 1 aromatic rings. The van der Waals surface area contributed by atoms with E-state index >= 15 is 0 Å². The number of carbonyl (C=O) groups excluding carboxylic acids is 3. The minimum absolute atomic E-state index is 0.00366. The van der Waals surface area contributed by atoms with Crippen molar-refractivity contribution in [2.45, 2.75) is 38.6 Å². The molecule has 1 amide bonds.